The zero-order valence-electron chi connectivity index (χ0n) is 23.3. The van der Waals surface area contributed by atoms with Crippen LogP contribution in [0.15, 0.2) is 58.4 Å². The Kier molecular flexibility index (Phi) is 10.3. The first-order chi connectivity index (χ1) is 19.7. The van der Waals surface area contributed by atoms with Gasteiger partial charge in [-0.1, -0.05) is 23.7 Å². The van der Waals surface area contributed by atoms with E-state index in [0.29, 0.717) is 53.2 Å². The number of hydrogen-bond donors (Lipinski definition) is 5. The van der Waals surface area contributed by atoms with Gasteiger partial charge >= 0.3 is 5.69 Å². The fraction of sp³-hybridized carbons (Fsp3) is 0.367. The molecule has 11 heteroatoms. The van der Waals surface area contributed by atoms with Crippen LogP contribution in [0, 0.1) is 5.82 Å². The van der Waals surface area contributed by atoms with Gasteiger partial charge < -0.3 is 26.9 Å². The number of aromatic amines is 1. The van der Waals surface area contributed by atoms with Gasteiger partial charge in [-0.05, 0) is 87.5 Å². The lowest BCUT2D eigenvalue weighted by atomic mass is 10.0. The topological polar surface area (TPSA) is 147 Å². The predicted molar refractivity (Wildman–Crippen MR) is 163 cm³/mol. The van der Waals surface area contributed by atoms with Crippen LogP contribution in [-0.2, 0) is 6.42 Å². The third-order valence-electron chi connectivity index (χ3n) is 6.98. The second kappa shape index (κ2) is 13.9. The van der Waals surface area contributed by atoms with Gasteiger partial charge in [0.15, 0.2) is 5.82 Å². The summed E-state index contributed by atoms with van der Waals surface area (Å²) in [6, 6.07) is 12.7. The number of aliphatic hydroxyl groups is 1. The first-order valence-electron chi connectivity index (χ1n) is 13.7. The molecule has 4 rings (SSSR count). The maximum Gasteiger partial charge on any atom is 0.354 e. The monoisotopic (exact) mass is 581 g/mol. The van der Waals surface area contributed by atoms with Gasteiger partial charge in [-0.3, -0.25) is 9.56 Å². The highest BCUT2D eigenvalue weighted by molar-refractivity contribution is 6.31. The van der Waals surface area contributed by atoms with Crippen molar-refractivity contribution in [3.8, 4) is 16.9 Å². The second-order valence-electron chi connectivity index (χ2n) is 10.3. The van der Waals surface area contributed by atoms with E-state index >= 15 is 4.39 Å². The molecule has 0 saturated heterocycles. The van der Waals surface area contributed by atoms with Crippen LogP contribution in [0.3, 0.4) is 0 Å². The van der Waals surface area contributed by atoms with Crippen molar-refractivity contribution < 1.29 is 9.50 Å². The normalized spacial score (nSPS) is 13.6. The molecule has 7 N–H and O–H groups in total. The number of fused-ring (bicyclic) bond motifs is 1. The number of benzene rings is 2. The second-order valence-corrected chi connectivity index (χ2v) is 10.7. The van der Waals surface area contributed by atoms with Crippen molar-refractivity contribution in [1.29, 1.82) is 0 Å². The number of nitrogens with one attached hydrogen (secondary N) is 2. The summed E-state index contributed by atoms with van der Waals surface area (Å²) < 4.78 is 16.5. The van der Waals surface area contributed by atoms with Crippen LogP contribution in [0.4, 0.5) is 4.39 Å². The van der Waals surface area contributed by atoms with Crippen molar-refractivity contribution in [2.24, 2.45) is 16.5 Å². The summed E-state index contributed by atoms with van der Waals surface area (Å²) in [5.41, 5.74) is 14.7. The van der Waals surface area contributed by atoms with Gasteiger partial charge in [0.1, 0.15) is 5.65 Å². The van der Waals surface area contributed by atoms with Crippen molar-refractivity contribution in [3.05, 3.63) is 81.1 Å². The molecule has 4 aromatic rings. The van der Waals surface area contributed by atoms with Gasteiger partial charge in [-0.25, -0.2) is 9.18 Å². The predicted octanol–water partition coefficient (Wildman–Crippen LogP) is 4.23. The molecule has 9 nitrogen and oxygen atoms in total. The van der Waals surface area contributed by atoms with E-state index in [-0.39, 0.29) is 23.7 Å². The van der Waals surface area contributed by atoms with E-state index in [9.17, 15) is 4.79 Å². The van der Waals surface area contributed by atoms with Crippen LogP contribution in [0.25, 0.3) is 28.0 Å². The maximum absolute atomic E-state index is 15.1. The van der Waals surface area contributed by atoms with Crippen molar-refractivity contribution >= 4 is 28.5 Å². The lowest BCUT2D eigenvalue weighted by Gasteiger charge is -2.15. The highest BCUT2D eigenvalue weighted by Crippen LogP contribution is 2.31. The number of hydrogen-bond acceptors (Lipinski definition) is 6. The van der Waals surface area contributed by atoms with Crippen LogP contribution in [0.2, 0.25) is 5.02 Å². The fourth-order valence-electron chi connectivity index (χ4n) is 4.66. The minimum absolute atomic E-state index is 0.0121. The summed E-state index contributed by atoms with van der Waals surface area (Å²) in [5, 5.41) is 13.3. The van der Waals surface area contributed by atoms with Gasteiger partial charge in [-0.2, -0.15) is 4.98 Å². The molecule has 0 radical (unpaired) electrons. The Balaban J connectivity index is 1.52. The summed E-state index contributed by atoms with van der Waals surface area (Å²) in [7, 11) is 0. The smallest absolute Gasteiger partial charge is 0.354 e. The molecular formula is C30H37ClFN7O2. The molecule has 41 heavy (non-hydrogen) atoms. The first-order valence-corrected chi connectivity index (χ1v) is 14.1. The highest BCUT2D eigenvalue weighted by atomic mass is 35.5. The molecule has 0 aliphatic carbocycles. The van der Waals surface area contributed by atoms with E-state index < -0.39 is 11.5 Å². The molecule has 2 unspecified atom stereocenters. The van der Waals surface area contributed by atoms with Crippen molar-refractivity contribution in [3.63, 3.8) is 0 Å². The molecule has 0 amide bonds. The summed E-state index contributed by atoms with van der Waals surface area (Å²) in [5.74, 6) is 0.0372. The number of rotatable bonds is 13. The molecule has 0 spiro atoms. The number of nitrogens with two attached hydrogens (primary N) is 2. The molecule has 2 aromatic carbocycles. The average molecular weight is 582 g/mol. The minimum Gasteiger partial charge on any atom is -0.395 e. The SMILES string of the molecule is CC(N)=NCCCNC(C)c1ccc(-n2cc3cc(-c4cc(CCCC(N)CO)cc(Cl)c4F)[nH]c3nc2=O)cc1. The Morgan fingerprint density at radius 2 is 2.00 bits per heavy atom. The molecule has 0 aliphatic rings. The zero-order chi connectivity index (χ0) is 29.5. The summed E-state index contributed by atoms with van der Waals surface area (Å²) >= 11 is 6.22. The van der Waals surface area contributed by atoms with Crippen molar-refractivity contribution in [2.45, 2.75) is 51.6 Å². The molecular weight excluding hydrogens is 545 g/mol. The van der Waals surface area contributed by atoms with Crippen molar-refractivity contribution in [1.82, 2.24) is 19.9 Å². The van der Waals surface area contributed by atoms with Gasteiger partial charge in [0, 0.05) is 35.8 Å². The summed E-state index contributed by atoms with van der Waals surface area (Å²) in [6.07, 6.45) is 4.59. The summed E-state index contributed by atoms with van der Waals surface area (Å²) in [6.45, 7) is 5.28. The van der Waals surface area contributed by atoms with Crippen LogP contribution in [0.1, 0.15) is 50.3 Å². The Labute approximate surface area is 243 Å². The fourth-order valence-corrected chi connectivity index (χ4v) is 4.91. The van der Waals surface area contributed by atoms with Gasteiger partial charge in [-0.15, -0.1) is 0 Å². The van der Waals surface area contributed by atoms with E-state index in [4.69, 9.17) is 28.2 Å². The average Bonchev–Trinajstić information content (AvgIpc) is 3.36. The number of nitrogens with zero attached hydrogens (tertiary/aromatic N) is 3. The Morgan fingerprint density at radius 1 is 1.24 bits per heavy atom. The number of aliphatic hydroxyl groups excluding tert-OH is 1. The number of aromatic nitrogens is 3. The van der Waals surface area contributed by atoms with Crippen LogP contribution < -0.4 is 22.5 Å². The molecule has 0 fully saturated rings. The third-order valence-corrected chi connectivity index (χ3v) is 7.25. The first kappa shape index (κ1) is 30.4. The van der Waals surface area contributed by atoms with Crippen LogP contribution in [0.5, 0.6) is 0 Å². The maximum atomic E-state index is 15.1. The highest BCUT2D eigenvalue weighted by Gasteiger charge is 2.16. The van der Waals surface area contributed by atoms with E-state index in [1.807, 2.05) is 24.3 Å². The van der Waals surface area contributed by atoms with Gasteiger partial charge in [0.2, 0.25) is 0 Å². The van der Waals surface area contributed by atoms with Gasteiger partial charge in [0.05, 0.1) is 28.8 Å². The van der Waals surface area contributed by atoms with Gasteiger partial charge in [0.25, 0.3) is 0 Å². The van der Waals surface area contributed by atoms with E-state index in [2.05, 4.69) is 27.2 Å². The van der Waals surface area contributed by atoms with Crippen LogP contribution >= 0.6 is 11.6 Å². The summed E-state index contributed by atoms with van der Waals surface area (Å²) in [4.78, 5) is 24.4. The quantitative estimate of drug-likeness (QED) is 0.0906. The van der Waals surface area contributed by atoms with E-state index in [0.717, 1.165) is 30.5 Å². The number of aliphatic imine (C=N–C) groups is 1. The molecule has 0 saturated carbocycles. The standard InChI is InChI=1S/C30H37ClFN7O2/c1-18(35-11-4-12-36-19(2)33)21-7-9-24(10-8-21)39-16-22-15-27(37-29(22)38-30(39)41)25-13-20(14-26(31)28(25)32)5-3-6-23(34)17-40/h7-10,13-16,18,23,35,40H,3-6,11-12,17,34H2,1-2H3,(H2,33,36)(H,37,38,41). The number of H-pyrrole nitrogens is 1. The van der Waals surface area contributed by atoms with E-state index in [1.54, 1.807) is 31.3 Å². The largest absolute Gasteiger partial charge is 0.395 e. The van der Waals surface area contributed by atoms with Crippen LogP contribution in [-0.4, -0.2) is 51.2 Å². The van der Waals surface area contributed by atoms with E-state index in [1.165, 1.54) is 4.57 Å². The Morgan fingerprint density at radius 3 is 2.71 bits per heavy atom. The lowest BCUT2D eigenvalue weighted by Crippen LogP contribution is -2.24. The molecule has 0 bridgehead atoms. The minimum atomic E-state index is -0.551. The number of amidine groups is 1. The molecule has 2 atom stereocenters. The molecule has 218 valence electrons. The number of aryl methyl sites for hydroxylation is 1. The molecule has 2 heterocycles. The Bertz CT molecular complexity index is 1560. The lowest BCUT2D eigenvalue weighted by molar-refractivity contribution is 0.258. The molecule has 0 aliphatic heterocycles. The zero-order valence-corrected chi connectivity index (χ0v) is 24.1. The molecule has 2 aromatic heterocycles. The van der Waals surface area contributed by atoms with Crippen molar-refractivity contribution in [2.75, 3.05) is 19.7 Å². The number of halogens is 2. The third kappa shape index (κ3) is 7.80. The Hall–Kier alpha value is -3.57.